The molecule has 1 aromatic carbocycles. The number of aryl methyl sites for hydroxylation is 1. The van der Waals surface area contributed by atoms with Crippen molar-refractivity contribution >= 4 is 44.0 Å². The summed E-state index contributed by atoms with van der Waals surface area (Å²) in [6.07, 6.45) is 1.59. The third kappa shape index (κ3) is 3.64. The van der Waals surface area contributed by atoms with Gasteiger partial charge in [-0.3, -0.25) is 5.41 Å². The first kappa shape index (κ1) is 12.2. The van der Waals surface area contributed by atoms with Crippen LogP contribution in [0.3, 0.4) is 0 Å². The number of benzene rings is 1. The van der Waals surface area contributed by atoms with Gasteiger partial charge in [0, 0.05) is 14.5 Å². The third-order valence-corrected chi connectivity index (χ3v) is 2.91. The van der Waals surface area contributed by atoms with Crippen LogP contribution in [0.1, 0.15) is 11.1 Å². The first-order valence-corrected chi connectivity index (χ1v) is 5.68. The highest BCUT2D eigenvalue weighted by molar-refractivity contribution is 9.11. The molecule has 0 atom stereocenters. The number of nitrogens with zero attached hydrogens (tertiary/aromatic N) is 1. The standard InChI is InChI=1S/C9H10Br2N4/c1-5-2-7(10)6(8(11)3-5)4-14-15-9(12)13/h2-4H,1H3,(H4,12,13,15)/b14-4+. The van der Waals surface area contributed by atoms with Crippen LogP contribution in [0.2, 0.25) is 0 Å². The minimum atomic E-state index is -0.189. The quantitative estimate of drug-likeness (QED) is 0.441. The first-order chi connectivity index (χ1) is 7.00. The van der Waals surface area contributed by atoms with E-state index in [1.807, 2.05) is 19.1 Å². The van der Waals surface area contributed by atoms with Gasteiger partial charge in [-0.25, -0.2) is 5.43 Å². The van der Waals surface area contributed by atoms with Crippen LogP contribution < -0.4 is 11.2 Å². The molecule has 15 heavy (non-hydrogen) atoms. The van der Waals surface area contributed by atoms with Crippen molar-refractivity contribution in [1.29, 1.82) is 5.41 Å². The zero-order valence-corrected chi connectivity index (χ0v) is 11.2. The molecule has 0 saturated heterocycles. The monoisotopic (exact) mass is 332 g/mol. The molecule has 1 rings (SSSR count). The van der Waals surface area contributed by atoms with Gasteiger partial charge in [0.05, 0.1) is 6.21 Å². The minimum Gasteiger partial charge on any atom is -0.369 e. The van der Waals surface area contributed by atoms with Gasteiger partial charge in [-0.05, 0) is 24.6 Å². The van der Waals surface area contributed by atoms with E-state index in [0.29, 0.717) is 0 Å². The number of hydrogen-bond donors (Lipinski definition) is 3. The van der Waals surface area contributed by atoms with E-state index in [0.717, 1.165) is 20.1 Å². The maximum absolute atomic E-state index is 6.93. The summed E-state index contributed by atoms with van der Waals surface area (Å²) in [6.45, 7) is 2.00. The average Bonchev–Trinajstić information content (AvgIpc) is 2.08. The van der Waals surface area contributed by atoms with Gasteiger partial charge in [-0.1, -0.05) is 31.9 Å². The Morgan fingerprint density at radius 1 is 1.47 bits per heavy atom. The Morgan fingerprint density at radius 3 is 2.47 bits per heavy atom. The third-order valence-electron chi connectivity index (χ3n) is 1.60. The Labute approximate surface area is 105 Å². The topological polar surface area (TPSA) is 74.3 Å². The van der Waals surface area contributed by atoms with Crippen molar-refractivity contribution in [2.75, 3.05) is 0 Å². The van der Waals surface area contributed by atoms with Gasteiger partial charge in [-0.2, -0.15) is 5.10 Å². The Balaban J connectivity index is 2.94. The van der Waals surface area contributed by atoms with Crippen LogP contribution in [-0.4, -0.2) is 12.2 Å². The summed E-state index contributed by atoms with van der Waals surface area (Å²) in [6, 6.07) is 3.97. The second kappa shape index (κ2) is 5.27. The molecule has 0 spiro atoms. The minimum absolute atomic E-state index is 0.189. The maximum Gasteiger partial charge on any atom is 0.206 e. The van der Waals surface area contributed by atoms with E-state index in [9.17, 15) is 0 Å². The Bertz CT molecular complexity index is 392. The highest BCUT2D eigenvalue weighted by Gasteiger charge is 2.03. The van der Waals surface area contributed by atoms with Crippen LogP contribution in [0, 0.1) is 12.3 Å². The predicted octanol–water partition coefficient (Wildman–Crippen LogP) is 2.34. The molecule has 0 aliphatic heterocycles. The number of guanidine groups is 1. The lowest BCUT2D eigenvalue weighted by Crippen LogP contribution is -2.25. The van der Waals surface area contributed by atoms with Crippen LogP contribution >= 0.6 is 31.9 Å². The van der Waals surface area contributed by atoms with Crippen LogP contribution in [0.4, 0.5) is 0 Å². The predicted molar refractivity (Wildman–Crippen MR) is 69.2 cm³/mol. The molecule has 0 fully saturated rings. The summed E-state index contributed by atoms with van der Waals surface area (Å²) in [7, 11) is 0. The fourth-order valence-electron chi connectivity index (χ4n) is 1.00. The van der Waals surface area contributed by atoms with Gasteiger partial charge >= 0.3 is 0 Å². The van der Waals surface area contributed by atoms with E-state index in [2.05, 4.69) is 42.4 Å². The van der Waals surface area contributed by atoms with E-state index in [4.69, 9.17) is 11.1 Å². The van der Waals surface area contributed by atoms with Crippen LogP contribution in [-0.2, 0) is 0 Å². The van der Waals surface area contributed by atoms with Crippen LogP contribution in [0.15, 0.2) is 26.2 Å². The molecule has 0 unspecified atom stereocenters. The van der Waals surface area contributed by atoms with Crippen molar-refractivity contribution in [1.82, 2.24) is 5.43 Å². The number of nitrogens with one attached hydrogen (secondary N) is 2. The summed E-state index contributed by atoms with van der Waals surface area (Å²) >= 11 is 6.86. The normalized spacial score (nSPS) is 10.6. The van der Waals surface area contributed by atoms with Gasteiger partial charge < -0.3 is 5.73 Å². The fraction of sp³-hybridized carbons (Fsp3) is 0.111. The molecule has 0 heterocycles. The number of halogens is 2. The molecule has 1 aromatic rings. The molecule has 0 bridgehead atoms. The van der Waals surface area contributed by atoms with Crippen molar-refractivity contribution in [3.63, 3.8) is 0 Å². The number of rotatable bonds is 2. The highest BCUT2D eigenvalue weighted by Crippen LogP contribution is 2.25. The Kier molecular flexibility index (Phi) is 4.28. The molecule has 0 saturated carbocycles. The smallest absolute Gasteiger partial charge is 0.206 e. The Morgan fingerprint density at radius 2 is 2.00 bits per heavy atom. The second-order valence-corrected chi connectivity index (χ2v) is 4.63. The summed E-state index contributed by atoms with van der Waals surface area (Å²) in [5, 5.41) is 10.7. The molecule has 0 aliphatic rings. The molecule has 80 valence electrons. The number of nitrogens with two attached hydrogens (primary N) is 1. The van der Waals surface area contributed by atoms with E-state index in [-0.39, 0.29) is 5.96 Å². The van der Waals surface area contributed by atoms with Crippen molar-refractivity contribution in [2.45, 2.75) is 6.92 Å². The van der Waals surface area contributed by atoms with E-state index in [1.165, 1.54) is 0 Å². The summed E-state index contributed by atoms with van der Waals surface area (Å²) in [5.74, 6) is -0.189. The molecule has 0 aromatic heterocycles. The first-order valence-electron chi connectivity index (χ1n) is 4.09. The summed E-state index contributed by atoms with van der Waals surface area (Å²) < 4.78 is 1.87. The van der Waals surface area contributed by atoms with Crippen LogP contribution in [0.5, 0.6) is 0 Å². The Hall–Kier alpha value is -0.880. The van der Waals surface area contributed by atoms with Crippen molar-refractivity contribution in [2.24, 2.45) is 10.8 Å². The van der Waals surface area contributed by atoms with Gasteiger partial charge in [-0.15, -0.1) is 0 Å². The van der Waals surface area contributed by atoms with E-state index >= 15 is 0 Å². The van der Waals surface area contributed by atoms with Crippen molar-refractivity contribution < 1.29 is 0 Å². The highest BCUT2D eigenvalue weighted by atomic mass is 79.9. The lowest BCUT2D eigenvalue weighted by atomic mass is 10.2. The van der Waals surface area contributed by atoms with Gasteiger partial charge in [0.1, 0.15) is 0 Å². The summed E-state index contributed by atoms with van der Waals surface area (Å²) in [5.41, 5.74) is 9.49. The fourth-order valence-corrected chi connectivity index (χ4v) is 2.62. The molecular weight excluding hydrogens is 324 g/mol. The second-order valence-electron chi connectivity index (χ2n) is 2.93. The molecule has 0 aliphatic carbocycles. The SMILES string of the molecule is Cc1cc(Br)c(/C=N/NC(=N)N)c(Br)c1. The van der Waals surface area contributed by atoms with E-state index < -0.39 is 0 Å². The number of hydrogen-bond acceptors (Lipinski definition) is 2. The van der Waals surface area contributed by atoms with Gasteiger partial charge in [0.15, 0.2) is 0 Å². The summed E-state index contributed by atoms with van der Waals surface area (Å²) in [4.78, 5) is 0. The number of hydrazone groups is 1. The van der Waals surface area contributed by atoms with E-state index in [1.54, 1.807) is 6.21 Å². The molecular formula is C9H10Br2N4. The lowest BCUT2D eigenvalue weighted by molar-refractivity contribution is 1.00. The maximum atomic E-state index is 6.93. The van der Waals surface area contributed by atoms with Crippen LogP contribution in [0.25, 0.3) is 0 Å². The molecule has 6 heteroatoms. The van der Waals surface area contributed by atoms with Gasteiger partial charge in [0.25, 0.3) is 0 Å². The zero-order chi connectivity index (χ0) is 11.4. The zero-order valence-electron chi connectivity index (χ0n) is 8.01. The molecule has 0 amide bonds. The van der Waals surface area contributed by atoms with Gasteiger partial charge in [0.2, 0.25) is 5.96 Å². The van der Waals surface area contributed by atoms with Crippen molar-refractivity contribution in [3.8, 4) is 0 Å². The largest absolute Gasteiger partial charge is 0.369 e. The van der Waals surface area contributed by atoms with Crippen molar-refractivity contribution in [3.05, 3.63) is 32.2 Å². The lowest BCUT2D eigenvalue weighted by Gasteiger charge is -2.03. The molecule has 4 N–H and O–H groups in total. The average molecular weight is 334 g/mol. The molecule has 4 nitrogen and oxygen atoms in total. The molecule has 0 radical (unpaired) electrons.